The molecule has 1 saturated heterocycles. The minimum Gasteiger partial charge on any atom is -0.373 e. The van der Waals surface area contributed by atoms with E-state index >= 15 is 0 Å². The number of hydrogen-bond donors (Lipinski definition) is 1. The Balaban J connectivity index is 2.15. The molecule has 1 N–H and O–H groups in total. The first-order valence-electron chi connectivity index (χ1n) is 6.28. The first-order valence-corrected chi connectivity index (χ1v) is 6.28. The molecule has 4 heteroatoms. The van der Waals surface area contributed by atoms with Gasteiger partial charge in [-0.05, 0) is 40.2 Å². The van der Waals surface area contributed by atoms with Crippen molar-refractivity contribution >= 4 is 5.82 Å². The second-order valence-corrected chi connectivity index (χ2v) is 5.40. The van der Waals surface area contributed by atoms with Gasteiger partial charge < -0.3 is 5.32 Å². The number of nitrogens with one attached hydrogen (secondary N) is 1. The fourth-order valence-corrected chi connectivity index (χ4v) is 2.46. The molecule has 0 bridgehead atoms. The number of aryl methyl sites for hydroxylation is 1. The van der Waals surface area contributed by atoms with E-state index in [-0.39, 0.29) is 5.54 Å². The van der Waals surface area contributed by atoms with Crippen molar-refractivity contribution in [2.75, 3.05) is 18.9 Å². The molecule has 2 rings (SSSR count). The van der Waals surface area contributed by atoms with Crippen molar-refractivity contribution in [2.45, 2.75) is 45.7 Å². The summed E-state index contributed by atoms with van der Waals surface area (Å²) in [4.78, 5) is 11.5. The zero-order valence-corrected chi connectivity index (χ0v) is 11.2. The molecule has 1 fully saturated rings. The van der Waals surface area contributed by atoms with Gasteiger partial charge >= 0.3 is 0 Å². The summed E-state index contributed by atoms with van der Waals surface area (Å²) in [6.07, 6.45) is 2.54. The standard InChI is InChI=1S/C13H22N4/c1-10-8-11(14-4)16-12(15-10)9-17-7-5-6-13(17,2)3/h8H,5-7,9H2,1-4H3,(H,14,15,16). The van der Waals surface area contributed by atoms with Gasteiger partial charge in [-0.3, -0.25) is 4.90 Å². The summed E-state index contributed by atoms with van der Waals surface area (Å²) in [7, 11) is 1.89. The Kier molecular flexibility index (Phi) is 3.33. The lowest BCUT2D eigenvalue weighted by atomic mass is 10.0. The van der Waals surface area contributed by atoms with Gasteiger partial charge in [0, 0.05) is 24.3 Å². The molecule has 2 heterocycles. The van der Waals surface area contributed by atoms with Gasteiger partial charge in [0.05, 0.1) is 6.54 Å². The fourth-order valence-electron chi connectivity index (χ4n) is 2.46. The maximum atomic E-state index is 4.52. The van der Waals surface area contributed by atoms with Crippen LogP contribution in [0.15, 0.2) is 6.07 Å². The van der Waals surface area contributed by atoms with E-state index < -0.39 is 0 Å². The van der Waals surface area contributed by atoms with E-state index in [9.17, 15) is 0 Å². The SMILES string of the molecule is CNc1cc(C)nc(CN2CCCC2(C)C)n1. The maximum absolute atomic E-state index is 4.52. The molecule has 0 unspecified atom stereocenters. The highest BCUT2D eigenvalue weighted by atomic mass is 15.2. The Morgan fingerprint density at radius 1 is 1.41 bits per heavy atom. The molecule has 94 valence electrons. The van der Waals surface area contributed by atoms with Gasteiger partial charge in [-0.15, -0.1) is 0 Å². The van der Waals surface area contributed by atoms with E-state index in [1.165, 1.54) is 12.8 Å². The Bertz CT molecular complexity index is 400. The number of rotatable bonds is 3. The number of nitrogens with zero attached hydrogens (tertiary/aromatic N) is 3. The first kappa shape index (κ1) is 12.3. The molecule has 0 atom stereocenters. The lowest BCUT2D eigenvalue weighted by Gasteiger charge is -2.30. The van der Waals surface area contributed by atoms with Crippen LogP contribution in [0, 0.1) is 6.92 Å². The Labute approximate surface area is 103 Å². The monoisotopic (exact) mass is 234 g/mol. The summed E-state index contributed by atoms with van der Waals surface area (Å²) in [5, 5.41) is 3.08. The molecule has 0 saturated carbocycles. The van der Waals surface area contributed by atoms with E-state index in [2.05, 4.69) is 34.0 Å². The third-order valence-corrected chi connectivity index (χ3v) is 3.56. The lowest BCUT2D eigenvalue weighted by molar-refractivity contribution is 0.162. The van der Waals surface area contributed by atoms with Crippen LogP contribution in [0.5, 0.6) is 0 Å². The zero-order valence-electron chi connectivity index (χ0n) is 11.2. The maximum Gasteiger partial charge on any atom is 0.144 e. The Morgan fingerprint density at radius 3 is 2.76 bits per heavy atom. The summed E-state index contributed by atoms with van der Waals surface area (Å²) < 4.78 is 0. The molecule has 1 aromatic heterocycles. The van der Waals surface area contributed by atoms with Crippen molar-refractivity contribution in [1.82, 2.24) is 14.9 Å². The molecule has 1 aliphatic heterocycles. The number of aromatic nitrogens is 2. The largest absolute Gasteiger partial charge is 0.373 e. The van der Waals surface area contributed by atoms with Gasteiger partial charge in [0.1, 0.15) is 11.6 Å². The van der Waals surface area contributed by atoms with Crippen LogP contribution >= 0.6 is 0 Å². The van der Waals surface area contributed by atoms with Crippen LogP contribution in [0.4, 0.5) is 5.82 Å². The predicted molar refractivity (Wildman–Crippen MR) is 70.0 cm³/mol. The second-order valence-electron chi connectivity index (χ2n) is 5.40. The topological polar surface area (TPSA) is 41.1 Å². The van der Waals surface area contributed by atoms with E-state index in [0.717, 1.165) is 30.4 Å². The molecule has 1 aliphatic rings. The summed E-state index contributed by atoms with van der Waals surface area (Å²) in [6, 6.07) is 1.97. The van der Waals surface area contributed by atoms with Gasteiger partial charge in [-0.1, -0.05) is 0 Å². The fraction of sp³-hybridized carbons (Fsp3) is 0.692. The molecule has 0 spiro atoms. The van der Waals surface area contributed by atoms with Gasteiger partial charge in [0.15, 0.2) is 0 Å². The average molecular weight is 234 g/mol. The highest BCUT2D eigenvalue weighted by molar-refractivity contribution is 5.34. The summed E-state index contributed by atoms with van der Waals surface area (Å²) in [5.74, 6) is 1.83. The molecule has 0 aromatic carbocycles. The molecule has 4 nitrogen and oxygen atoms in total. The van der Waals surface area contributed by atoms with E-state index in [0.29, 0.717) is 0 Å². The molecule has 1 aromatic rings. The second kappa shape index (κ2) is 4.61. The van der Waals surface area contributed by atoms with E-state index in [1.54, 1.807) is 0 Å². The van der Waals surface area contributed by atoms with Crippen LogP contribution in [0.2, 0.25) is 0 Å². The van der Waals surface area contributed by atoms with Crippen molar-refractivity contribution in [3.05, 3.63) is 17.6 Å². The molecular formula is C13H22N4. The first-order chi connectivity index (χ1) is 8.01. The Morgan fingerprint density at radius 2 is 2.18 bits per heavy atom. The van der Waals surface area contributed by atoms with Gasteiger partial charge in [-0.2, -0.15) is 0 Å². The minimum atomic E-state index is 0.285. The van der Waals surface area contributed by atoms with Crippen molar-refractivity contribution < 1.29 is 0 Å². The van der Waals surface area contributed by atoms with Gasteiger partial charge in [0.25, 0.3) is 0 Å². The molecule has 0 aliphatic carbocycles. The average Bonchev–Trinajstić information content (AvgIpc) is 2.57. The molecule has 0 amide bonds. The number of likely N-dealkylation sites (tertiary alicyclic amines) is 1. The van der Waals surface area contributed by atoms with Crippen molar-refractivity contribution in [3.8, 4) is 0 Å². The van der Waals surface area contributed by atoms with Gasteiger partial charge in [0.2, 0.25) is 0 Å². The molecular weight excluding hydrogens is 212 g/mol. The van der Waals surface area contributed by atoms with Crippen LogP contribution in [0.25, 0.3) is 0 Å². The van der Waals surface area contributed by atoms with Gasteiger partial charge in [-0.25, -0.2) is 9.97 Å². The summed E-state index contributed by atoms with van der Waals surface area (Å²) in [5.41, 5.74) is 1.31. The highest BCUT2D eigenvalue weighted by Gasteiger charge is 2.32. The quantitative estimate of drug-likeness (QED) is 0.870. The summed E-state index contributed by atoms with van der Waals surface area (Å²) >= 11 is 0. The van der Waals surface area contributed by atoms with E-state index in [4.69, 9.17) is 0 Å². The van der Waals surface area contributed by atoms with Crippen LogP contribution < -0.4 is 5.32 Å². The van der Waals surface area contributed by atoms with Crippen LogP contribution in [-0.2, 0) is 6.54 Å². The molecule has 0 radical (unpaired) electrons. The van der Waals surface area contributed by atoms with Crippen molar-refractivity contribution in [3.63, 3.8) is 0 Å². The smallest absolute Gasteiger partial charge is 0.144 e. The third kappa shape index (κ3) is 2.75. The van der Waals surface area contributed by atoms with Crippen molar-refractivity contribution in [1.29, 1.82) is 0 Å². The number of anilines is 1. The van der Waals surface area contributed by atoms with Crippen molar-refractivity contribution in [2.24, 2.45) is 0 Å². The van der Waals surface area contributed by atoms with Crippen LogP contribution in [0.1, 0.15) is 38.2 Å². The third-order valence-electron chi connectivity index (χ3n) is 3.56. The number of hydrogen-bond acceptors (Lipinski definition) is 4. The Hall–Kier alpha value is -1.16. The van der Waals surface area contributed by atoms with Crippen LogP contribution in [-0.4, -0.2) is 34.0 Å². The van der Waals surface area contributed by atoms with E-state index in [1.807, 2.05) is 20.0 Å². The highest BCUT2D eigenvalue weighted by Crippen LogP contribution is 2.29. The normalized spacial score (nSPS) is 19.5. The molecule has 17 heavy (non-hydrogen) atoms. The summed E-state index contributed by atoms with van der Waals surface area (Å²) in [6.45, 7) is 8.62. The zero-order chi connectivity index (χ0) is 12.5. The minimum absolute atomic E-state index is 0.285. The predicted octanol–water partition coefficient (Wildman–Crippen LogP) is 2.20. The lowest BCUT2D eigenvalue weighted by Crippen LogP contribution is -2.38. The van der Waals surface area contributed by atoms with Crippen LogP contribution in [0.3, 0.4) is 0 Å².